The molecule has 0 saturated carbocycles. The standard InChI is InChI=1S/C22H26BrN3O4/c1-22(2,3)30-21(29)24-11-10-19(27)25-17-8-5-9-18(14-17)26-20(28)13-15-6-4-7-16(23)12-15/h4-9,12,14H,10-11,13H2,1-3H3,(H,24,29)(H,25,27)(H,26,28). The van der Waals surface area contributed by atoms with E-state index in [0.29, 0.717) is 11.4 Å². The summed E-state index contributed by atoms with van der Waals surface area (Å²) in [5, 5.41) is 8.11. The highest BCUT2D eigenvalue weighted by Gasteiger charge is 2.16. The van der Waals surface area contributed by atoms with Crippen molar-refractivity contribution < 1.29 is 19.1 Å². The molecule has 8 heteroatoms. The largest absolute Gasteiger partial charge is 0.444 e. The van der Waals surface area contributed by atoms with Gasteiger partial charge in [-0.25, -0.2) is 4.79 Å². The lowest BCUT2D eigenvalue weighted by Crippen LogP contribution is -2.34. The first-order valence-electron chi connectivity index (χ1n) is 9.52. The fraction of sp³-hybridized carbons (Fsp3) is 0.318. The number of halogens is 1. The molecule has 3 N–H and O–H groups in total. The molecule has 3 amide bonds. The lowest BCUT2D eigenvalue weighted by Gasteiger charge is -2.19. The number of rotatable bonds is 7. The maximum atomic E-state index is 12.3. The number of benzene rings is 2. The van der Waals surface area contributed by atoms with Gasteiger partial charge in [-0.15, -0.1) is 0 Å². The van der Waals surface area contributed by atoms with Crippen LogP contribution >= 0.6 is 15.9 Å². The van der Waals surface area contributed by atoms with Crippen molar-refractivity contribution in [2.24, 2.45) is 0 Å². The van der Waals surface area contributed by atoms with Crippen molar-refractivity contribution >= 4 is 45.2 Å². The van der Waals surface area contributed by atoms with Crippen LogP contribution in [-0.2, 0) is 20.7 Å². The first-order chi connectivity index (χ1) is 14.1. The van der Waals surface area contributed by atoms with E-state index in [1.54, 1.807) is 45.0 Å². The summed E-state index contributed by atoms with van der Waals surface area (Å²) >= 11 is 3.39. The Morgan fingerprint density at radius 2 is 1.57 bits per heavy atom. The Hall–Kier alpha value is -2.87. The van der Waals surface area contributed by atoms with Crippen LogP contribution in [-0.4, -0.2) is 30.1 Å². The molecule has 0 bridgehead atoms. The van der Waals surface area contributed by atoms with E-state index >= 15 is 0 Å². The number of anilines is 2. The Kier molecular flexibility index (Phi) is 8.41. The number of hydrogen-bond acceptors (Lipinski definition) is 4. The second-order valence-electron chi connectivity index (χ2n) is 7.66. The summed E-state index contributed by atoms with van der Waals surface area (Å²) in [7, 11) is 0. The molecule has 0 spiro atoms. The molecule has 30 heavy (non-hydrogen) atoms. The van der Waals surface area contributed by atoms with Crippen LogP contribution in [0.25, 0.3) is 0 Å². The average Bonchev–Trinajstić information content (AvgIpc) is 2.60. The van der Waals surface area contributed by atoms with Crippen LogP contribution in [0.4, 0.5) is 16.2 Å². The number of hydrogen-bond donors (Lipinski definition) is 3. The number of carbonyl (C=O) groups is 3. The summed E-state index contributed by atoms with van der Waals surface area (Å²) in [5.41, 5.74) is 1.44. The van der Waals surface area contributed by atoms with Crippen molar-refractivity contribution in [3.8, 4) is 0 Å². The van der Waals surface area contributed by atoms with Crippen molar-refractivity contribution in [2.75, 3.05) is 17.2 Å². The minimum absolute atomic E-state index is 0.0959. The van der Waals surface area contributed by atoms with Gasteiger partial charge in [-0.1, -0.05) is 34.1 Å². The van der Waals surface area contributed by atoms with E-state index in [0.717, 1.165) is 10.0 Å². The van der Waals surface area contributed by atoms with Crippen molar-refractivity contribution in [2.45, 2.75) is 39.2 Å². The van der Waals surface area contributed by atoms with Crippen LogP contribution in [0.15, 0.2) is 53.0 Å². The number of carbonyl (C=O) groups excluding carboxylic acids is 3. The normalized spacial score (nSPS) is 10.8. The third-order valence-electron chi connectivity index (χ3n) is 3.70. The van der Waals surface area contributed by atoms with Crippen LogP contribution in [0, 0.1) is 0 Å². The SMILES string of the molecule is CC(C)(C)OC(=O)NCCC(=O)Nc1cccc(NC(=O)Cc2cccc(Br)c2)c1. The van der Waals surface area contributed by atoms with Gasteiger partial charge in [0.15, 0.2) is 0 Å². The second-order valence-corrected chi connectivity index (χ2v) is 8.58. The Balaban J connectivity index is 1.81. The summed E-state index contributed by atoms with van der Waals surface area (Å²) in [6, 6.07) is 14.4. The molecule has 0 atom stereocenters. The molecule has 2 rings (SSSR count). The molecule has 0 aromatic heterocycles. The topological polar surface area (TPSA) is 96.5 Å². The molecule has 0 radical (unpaired) electrons. The molecular weight excluding hydrogens is 450 g/mol. The number of alkyl carbamates (subject to hydrolysis) is 1. The van der Waals surface area contributed by atoms with E-state index in [4.69, 9.17) is 4.74 Å². The van der Waals surface area contributed by atoms with Crippen LogP contribution < -0.4 is 16.0 Å². The van der Waals surface area contributed by atoms with Gasteiger partial charge in [-0.05, 0) is 56.7 Å². The van der Waals surface area contributed by atoms with Gasteiger partial charge < -0.3 is 20.7 Å². The number of amides is 3. The van der Waals surface area contributed by atoms with Crippen molar-refractivity contribution in [1.82, 2.24) is 5.32 Å². The van der Waals surface area contributed by atoms with Gasteiger partial charge in [0.1, 0.15) is 5.60 Å². The Bertz CT molecular complexity index is 909. The van der Waals surface area contributed by atoms with Crippen LogP contribution in [0.5, 0.6) is 0 Å². The zero-order valence-electron chi connectivity index (χ0n) is 17.3. The molecular formula is C22H26BrN3O4. The highest BCUT2D eigenvalue weighted by Crippen LogP contribution is 2.17. The smallest absolute Gasteiger partial charge is 0.407 e. The fourth-order valence-corrected chi connectivity index (χ4v) is 2.97. The van der Waals surface area contributed by atoms with Crippen molar-refractivity contribution in [3.05, 3.63) is 58.6 Å². The van der Waals surface area contributed by atoms with E-state index in [9.17, 15) is 14.4 Å². The quantitative estimate of drug-likeness (QED) is 0.549. The molecule has 0 aliphatic carbocycles. The second kappa shape index (κ2) is 10.8. The van der Waals surface area contributed by atoms with Crippen molar-refractivity contribution in [1.29, 1.82) is 0 Å². The van der Waals surface area contributed by atoms with E-state index < -0.39 is 11.7 Å². The minimum Gasteiger partial charge on any atom is -0.444 e. The molecule has 160 valence electrons. The molecule has 0 saturated heterocycles. The van der Waals surface area contributed by atoms with Gasteiger partial charge in [0.25, 0.3) is 0 Å². The minimum atomic E-state index is -0.589. The van der Waals surface area contributed by atoms with Gasteiger partial charge in [-0.2, -0.15) is 0 Å². The average molecular weight is 476 g/mol. The van der Waals surface area contributed by atoms with Gasteiger partial charge in [-0.3, -0.25) is 9.59 Å². The van der Waals surface area contributed by atoms with Gasteiger partial charge in [0, 0.05) is 28.8 Å². The highest BCUT2D eigenvalue weighted by atomic mass is 79.9. The van der Waals surface area contributed by atoms with Crippen molar-refractivity contribution in [3.63, 3.8) is 0 Å². The predicted molar refractivity (Wildman–Crippen MR) is 120 cm³/mol. The Morgan fingerprint density at radius 3 is 2.20 bits per heavy atom. The Morgan fingerprint density at radius 1 is 0.933 bits per heavy atom. The highest BCUT2D eigenvalue weighted by molar-refractivity contribution is 9.10. The molecule has 0 aliphatic rings. The van der Waals surface area contributed by atoms with Gasteiger partial charge >= 0.3 is 6.09 Å². The van der Waals surface area contributed by atoms with Crippen LogP contribution in [0.1, 0.15) is 32.8 Å². The first-order valence-corrected chi connectivity index (χ1v) is 10.3. The zero-order chi connectivity index (χ0) is 22.1. The van der Waals surface area contributed by atoms with E-state index in [1.807, 2.05) is 24.3 Å². The molecule has 0 aliphatic heterocycles. The summed E-state index contributed by atoms with van der Waals surface area (Å²) in [6.07, 6.45) is -0.226. The maximum absolute atomic E-state index is 12.3. The van der Waals surface area contributed by atoms with Gasteiger partial charge in [0.2, 0.25) is 11.8 Å². The third kappa shape index (κ3) is 9.09. The van der Waals surface area contributed by atoms with E-state index in [-0.39, 0.29) is 31.2 Å². The molecule has 2 aromatic carbocycles. The summed E-state index contributed by atoms with van der Waals surface area (Å²) in [4.78, 5) is 35.9. The Labute approximate surface area is 184 Å². The van der Waals surface area contributed by atoms with E-state index in [1.165, 1.54) is 0 Å². The molecule has 0 unspecified atom stereocenters. The summed E-state index contributed by atoms with van der Waals surface area (Å²) in [5.74, 6) is -0.415. The maximum Gasteiger partial charge on any atom is 0.407 e. The van der Waals surface area contributed by atoms with E-state index in [2.05, 4.69) is 31.9 Å². The fourth-order valence-electron chi connectivity index (χ4n) is 2.53. The van der Waals surface area contributed by atoms with Gasteiger partial charge in [0.05, 0.1) is 6.42 Å². The number of nitrogens with one attached hydrogen (secondary N) is 3. The zero-order valence-corrected chi connectivity index (χ0v) is 18.8. The molecule has 0 heterocycles. The molecule has 0 fully saturated rings. The summed E-state index contributed by atoms with van der Waals surface area (Å²) in [6.45, 7) is 5.46. The monoisotopic (exact) mass is 475 g/mol. The molecule has 2 aromatic rings. The molecule has 7 nitrogen and oxygen atoms in total. The number of ether oxygens (including phenoxy) is 1. The first kappa shape index (κ1) is 23.4. The van der Waals surface area contributed by atoms with Crippen LogP contribution in [0.2, 0.25) is 0 Å². The summed E-state index contributed by atoms with van der Waals surface area (Å²) < 4.78 is 6.03. The predicted octanol–water partition coefficient (Wildman–Crippen LogP) is 4.48. The van der Waals surface area contributed by atoms with Crippen LogP contribution in [0.3, 0.4) is 0 Å². The third-order valence-corrected chi connectivity index (χ3v) is 4.20. The lowest BCUT2D eigenvalue weighted by atomic mass is 10.1. The lowest BCUT2D eigenvalue weighted by molar-refractivity contribution is -0.116.